The third-order valence-corrected chi connectivity index (χ3v) is 5.11. The molecule has 0 saturated carbocycles. The molecular formula is C14H14BrFN2O2S. The van der Waals surface area contributed by atoms with Crippen molar-refractivity contribution >= 4 is 31.6 Å². The molecule has 0 fully saturated rings. The van der Waals surface area contributed by atoms with Gasteiger partial charge in [-0.3, -0.25) is 0 Å². The van der Waals surface area contributed by atoms with E-state index in [1.54, 1.807) is 6.92 Å². The molecule has 2 rings (SSSR count). The molecule has 0 unspecified atom stereocenters. The normalized spacial score (nSPS) is 13.1. The first kappa shape index (κ1) is 15.9. The van der Waals surface area contributed by atoms with Crippen molar-refractivity contribution in [2.75, 3.05) is 5.73 Å². The third-order valence-electron chi connectivity index (χ3n) is 2.96. The number of halogens is 2. The van der Waals surface area contributed by atoms with Crippen LogP contribution in [0.2, 0.25) is 0 Å². The maximum Gasteiger partial charge on any atom is 0.243 e. The first-order valence-electron chi connectivity index (χ1n) is 6.12. The Hall–Kier alpha value is -1.44. The summed E-state index contributed by atoms with van der Waals surface area (Å²) in [5.41, 5.74) is 6.26. The molecule has 0 radical (unpaired) electrons. The molecule has 0 aliphatic rings. The molecule has 112 valence electrons. The minimum absolute atomic E-state index is 0.120. The van der Waals surface area contributed by atoms with E-state index in [0.717, 1.165) is 28.2 Å². The Bertz CT molecular complexity index is 748. The van der Waals surface area contributed by atoms with Gasteiger partial charge in [0, 0.05) is 10.5 Å². The molecule has 1 atom stereocenters. The van der Waals surface area contributed by atoms with E-state index in [2.05, 4.69) is 20.7 Å². The molecule has 2 aromatic rings. The van der Waals surface area contributed by atoms with E-state index in [1.165, 1.54) is 0 Å². The fourth-order valence-corrected chi connectivity index (χ4v) is 3.49. The average Bonchev–Trinajstić information content (AvgIpc) is 2.38. The van der Waals surface area contributed by atoms with Crippen LogP contribution in [-0.2, 0) is 10.0 Å². The lowest BCUT2D eigenvalue weighted by Crippen LogP contribution is -2.27. The number of nitrogen functional groups attached to an aromatic ring is 1. The third kappa shape index (κ3) is 3.81. The number of nitrogens with one attached hydrogen (secondary N) is 1. The van der Waals surface area contributed by atoms with Crippen LogP contribution in [0.4, 0.5) is 10.1 Å². The predicted molar refractivity (Wildman–Crippen MR) is 83.7 cm³/mol. The summed E-state index contributed by atoms with van der Waals surface area (Å²) in [5.74, 6) is -0.576. The minimum Gasteiger partial charge on any atom is -0.398 e. The van der Waals surface area contributed by atoms with Crippen molar-refractivity contribution in [1.82, 2.24) is 4.72 Å². The van der Waals surface area contributed by atoms with Crippen LogP contribution in [-0.4, -0.2) is 8.42 Å². The van der Waals surface area contributed by atoms with Crippen LogP contribution in [0.1, 0.15) is 18.5 Å². The van der Waals surface area contributed by atoms with Gasteiger partial charge < -0.3 is 5.73 Å². The molecule has 0 aromatic heterocycles. The fourth-order valence-electron chi connectivity index (χ4n) is 1.88. The van der Waals surface area contributed by atoms with Gasteiger partial charge in [-0.25, -0.2) is 17.5 Å². The summed E-state index contributed by atoms with van der Waals surface area (Å²) >= 11 is 3.32. The number of benzene rings is 2. The van der Waals surface area contributed by atoms with Crippen LogP contribution < -0.4 is 10.5 Å². The largest absolute Gasteiger partial charge is 0.398 e. The van der Waals surface area contributed by atoms with Gasteiger partial charge in [0.15, 0.2) is 0 Å². The Morgan fingerprint density at radius 2 is 1.81 bits per heavy atom. The number of hydrogen-bond donors (Lipinski definition) is 2. The highest BCUT2D eigenvalue weighted by Gasteiger charge is 2.21. The quantitative estimate of drug-likeness (QED) is 0.809. The highest BCUT2D eigenvalue weighted by molar-refractivity contribution is 9.10. The Morgan fingerprint density at radius 1 is 1.19 bits per heavy atom. The second kappa shape index (κ2) is 6.13. The van der Waals surface area contributed by atoms with E-state index in [-0.39, 0.29) is 10.6 Å². The Balaban J connectivity index is 2.26. The maximum absolute atomic E-state index is 13.0. The second-order valence-corrected chi connectivity index (χ2v) is 7.17. The van der Waals surface area contributed by atoms with Crippen molar-refractivity contribution < 1.29 is 12.8 Å². The van der Waals surface area contributed by atoms with Gasteiger partial charge in [0.25, 0.3) is 0 Å². The molecule has 2 aromatic carbocycles. The smallest absolute Gasteiger partial charge is 0.243 e. The lowest BCUT2D eigenvalue weighted by Gasteiger charge is -2.15. The predicted octanol–water partition coefficient (Wildman–Crippen LogP) is 3.21. The standard InChI is InChI=1S/C14H14BrFN2O2S/c1-9(10-2-4-11(15)5-3-10)18-21(19,20)14-7-6-12(16)8-13(14)17/h2-9,18H,17H2,1H3/t9-/m0/s1. The molecule has 0 saturated heterocycles. The molecule has 0 aliphatic heterocycles. The molecule has 0 bridgehead atoms. The Kier molecular flexibility index (Phi) is 4.65. The van der Waals surface area contributed by atoms with Crippen molar-refractivity contribution in [2.45, 2.75) is 17.9 Å². The van der Waals surface area contributed by atoms with Crippen LogP contribution in [0.15, 0.2) is 51.8 Å². The van der Waals surface area contributed by atoms with Crippen molar-refractivity contribution in [1.29, 1.82) is 0 Å². The molecule has 0 spiro atoms. The van der Waals surface area contributed by atoms with Crippen LogP contribution >= 0.6 is 15.9 Å². The van der Waals surface area contributed by atoms with Crippen molar-refractivity contribution in [3.05, 3.63) is 58.3 Å². The SMILES string of the molecule is C[C@H](NS(=O)(=O)c1ccc(F)cc1N)c1ccc(Br)cc1. The van der Waals surface area contributed by atoms with Crippen LogP contribution in [0.3, 0.4) is 0 Å². The Morgan fingerprint density at radius 3 is 2.38 bits per heavy atom. The van der Waals surface area contributed by atoms with Crippen LogP contribution in [0, 0.1) is 5.82 Å². The molecular weight excluding hydrogens is 359 g/mol. The summed E-state index contributed by atoms with van der Waals surface area (Å²) in [6.45, 7) is 1.72. The number of rotatable bonds is 4. The Labute approximate surface area is 131 Å². The van der Waals surface area contributed by atoms with Gasteiger partial charge in [0.2, 0.25) is 10.0 Å². The zero-order valence-electron chi connectivity index (χ0n) is 11.2. The van der Waals surface area contributed by atoms with Gasteiger partial charge >= 0.3 is 0 Å². The molecule has 3 N–H and O–H groups in total. The summed E-state index contributed by atoms with van der Waals surface area (Å²) in [6, 6.07) is 10.0. The molecule has 4 nitrogen and oxygen atoms in total. The molecule has 0 amide bonds. The number of nitrogens with two attached hydrogens (primary N) is 1. The minimum atomic E-state index is -3.82. The van der Waals surface area contributed by atoms with E-state index in [4.69, 9.17) is 5.73 Å². The summed E-state index contributed by atoms with van der Waals surface area (Å²) in [5, 5.41) is 0. The molecule has 7 heteroatoms. The summed E-state index contributed by atoms with van der Waals surface area (Å²) < 4.78 is 41.0. The average molecular weight is 373 g/mol. The maximum atomic E-state index is 13.0. The van der Waals surface area contributed by atoms with E-state index in [1.807, 2.05) is 24.3 Å². The molecule has 0 heterocycles. The first-order chi connectivity index (χ1) is 9.79. The lowest BCUT2D eigenvalue weighted by molar-refractivity contribution is 0.567. The van der Waals surface area contributed by atoms with Crippen LogP contribution in [0.5, 0.6) is 0 Å². The van der Waals surface area contributed by atoms with E-state index in [9.17, 15) is 12.8 Å². The van der Waals surface area contributed by atoms with E-state index in [0.29, 0.717) is 0 Å². The van der Waals surface area contributed by atoms with Gasteiger partial charge in [0.05, 0.1) is 5.69 Å². The van der Waals surface area contributed by atoms with Crippen LogP contribution in [0.25, 0.3) is 0 Å². The second-order valence-electron chi connectivity index (χ2n) is 4.58. The zero-order chi connectivity index (χ0) is 15.6. The van der Waals surface area contributed by atoms with Crippen molar-refractivity contribution in [2.24, 2.45) is 0 Å². The number of anilines is 1. The van der Waals surface area contributed by atoms with Gasteiger partial charge in [-0.05, 0) is 42.8 Å². The van der Waals surface area contributed by atoms with Gasteiger partial charge in [0.1, 0.15) is 10.7 Å². The van der Waals surface area contributed by atoms with Gasteiger partial charge in [-0.15, -0.1) is 0 Å². The van der Waals surface area contributed by atoms with Crippen molar-refractivity contribution in [3.63, 3.8) is 0 Å². The molecule has 0 aliphatic carbocycles. The van der Waals surface area contributed by atoms with Gasteiger partial charge in [-0.2, -0.15) is 0 Å². The first-order valence-corrected chi connectivity index (χ1v) is 8.40. The monoisotopic (exact) mass is 372 g/mol. The summed E-state index contributed by atoms with van der Waals surface area (Å²) in [6.07, 6.45) is 0. The highest BCUT2D eigenvalue weighted by atomic mass is 79.9. The summed E-state index contributed by atoms with van der Waals surface area (Å²) in [7, 11) is -3.82. The zero-order valence-corrected chi connectivity index (χ0v) is 13.6. The van der Waals surface area contributed by atoms with E-state index >= 15 is 0 Å². The van der Waals surface area contributed by atoms with Gasteiger partial charge in [-0.1, -0.05) is 28.1 Å². The topological polar surface area (TPSA) is 72.2 Å². The number of hydrogen-bond acceptors (Lipinski definition) is 3. The van der Waals surface area contributed by atoms with Crippen molar-refractivity contribution in [3.8, 4) is 0 Å². The van der Waals surface area contributed by atoms with E-state index < -0.39 is 21.9 Å². The number of sulfonamides is 1. The fraction of sp³-hybridized carbons (Fsp3) is 0.143. The highest BCUT2D eigenvalue weighted by Crippen LogP contribution is 2.23. The lowest BCUT2D eigenvalue weighted by atomic mass is 10.1. The molecule has 21 heavy (non-hydrogen) atoms. The summed E-state index contributed by atoms with van der Waals surface area (Å²) in [4.78, 5) is -0.132.